The Hall–Kier alpha value is -0.0800. The molecule has 2 nitrogen and oxygen atoms in total. The molecule has 2 saturated heterocycles. The van der Waals surface area contributed by atoms with Crippen molar-refractivity contribution in [2.45, 2.75) is 70.0 Å². The SMILES string of the molecule is CC1CN2CCCC2CN1C1(C)CCCC1. The molecule has 2 aliphatic heterocycles. The lowest BCUT2D eigenvalue weighted by Crippen LogP contribution is -2.61. The second-order valence-electron chi connectivity index (χ2n) is 6.50. The number of hydrogen-bond acceptors (Lipinski definition) is 2. The van der Waals surface area contributed by atoms with Crippen molar-refractivity contribution < 1.29 is 0 Å². The highest BCUT2D eigenvalue weighted by molar-refractivity contribution is 4.99. The van der Waals surface area contributed by atoms with Crippen LogP contribution in [0.4, 0.5) is 0 Å². The lowest BCUT2D eigenvalue weighted by atomic mass is 9.93. The molecule has 2 atom stereocenters. The summed E-state index contributed by atoms with van der Waals surface area (Å²) < 4.78 is 0. The molecule has 16 heavy (non-hydrogen) atoms. The summed E-state index contributed by atoms with van der Waals surface area (Å²) in [6.45, 7) is 8.98. The molecule has 1 aliphatic carbocycles. The van der Waals surface area contributed by atoms with Gasteiger partial charge in [0, 0.05) is 30.7 Å². The van der Waals surface area contributed by atoms with Crippen LogP contribution in [0, 0.1) is 0 Å². The molecule has 3 rings (SSSR count). The van der Waals surface area contributed by atoms with Crippen molar-refractivity contribution in [1.82, 2.24) is 9.80 Å². The largest absolute Gasteiger partial charge is 0.298 e. The fourth-order valence-electron chi connectivity index (χ4n) is 4.36. The summed E-state index contributed by atoms with van der Waals surface area (Å²) in [5.41, 5.74) is 0.536. The number of hydrogen-bond donors (Lipinski definition) is 0. The van der Waals surface area contributed by atoms with Gasteiger partial charge in [-0.05, 0) is 46.1 Å². The van der Waals surface area contributed by atoms with Gasteiger partial charge in [0.05, 0.1) is 0 Å². The molecule has 0 amide bonds. The van der Waals surface area contributed by atoms with Crippen molar-refractivity contribution in [3.05, 3.63) is 0 Å². The van der Waals surface area contributed by atoms with Gasteiger partial charge in [-0.1, -0.05) is 12.8 Å². The van der Waals surface area contributed by atoms with E-state index in [2.05, 4.69) is 23.6 Å². The van der Waals surface area contributed by atoms with Gasteiger partial charge in [0.25, 0.3) is 0 Å². The summed E-state index contributed by atoms with van der Waals surface area (Å²) in [5, 5.41) is 0. The third-order valence-electron chi connectivity index (χ3n) is 5.31. The van der Waals surface area contributed by atoms with Crippen molar-refractivity contribution >= 4 is 0 Å². The first-order valence-corrected chi connectivity index (χ1v) is 7.20. The Morgan fingerprint density at radius 3 is 2.56 bits per heavy atom. The van der Waals surface area contributed by atoms with Crippen molar-refractivity contribution in [3.8, 4) is 0 Å². The van der Waals surface area contributed by atoms with E-state index in [9.17, 15) is 0 Å². The molecular weight excluding hydrogens is 196 g/mol. The first kappa shape index (κ1) is 11.0. The zero-order chi connectivity index (χ0) is 11.2. The summed E-state index contributed by atoms with van der Waals surface area (Å²) in [7, 11) is 0. The van der Waals surface area contributed by atoms with Crippen LogP contribution in [-0.4, -0.2) is 47.1 Å². The molecule has 3 fully saturated rings. The monoisotopic (exact) mass is 222 g/mol. The Morgan fingerprint density at radius 2 is 1.81 bits per heavy atom. The number of nitrogens with zero attached hydrogens (tertiary/aromatic N) is 2. The molecule has 2 unspecified atom stereocenters. The predicted octanol–water partition coefficient (Wildman–Crippen LogP) is 2.49. The molecule has 92 valence electrons. The van der Waals surface area contributed by atoms with E-state index in [0.717, 1.165) is 12.1 Å². The van der Waals surface area contributed by atoms with Gasteiger partial charge in [-0.15, -0.1) is 0 Å². The normalized spacial score (nSPS) is 40.1. The quantitative estimate of drug-likeness (QED) is 0.672. The van der Waals surface area contributed by atoms with E-state index in [1.54, 1.807) is 0 Å². The summed E-state index contributed by atoms with van der Waals surface area (Å²) in [4.78, 5) is 5.59. The molecule has 0 bridgehead atoms. The summed E-state index contributed by atoms with van der Waals surface area (Å²) >= 11 is 0. The lowest BCUT2D eigenvalue weighted by Gasteiger charge is -2.50. The minimum atomic E-state index is 0.536. The Balaban J connectivity index is 1.74. The van der Waals surface area contributed by atoms with E-state index in [1.165, 1.54) is 58.2 Å². The third kappa shape index (κ3) is 1.70. The lowest BCUT2D eigenvalue weighted by molar-refractivity contribution is -0.0135. The molecule has 0 radical (unpaired) electrons. The molecule has 3 aliphatic rings. The zero-order valence-electron chi connectivity index (χ0n) is 10.9. The zero-order valence-corrected chi connectivity index (χ0v) is 10.9. The summed E-state index contributed by atoms with van der Waals surface area (Å²) in [6, 6.07) is 1.66. The molecule has 2 heterocycles. The van der Waals surface area contributed by atoms with Gasteiger partial charge < -0.3 is 0 Å². The standard InChI is InChI=1S/C14H26N2/c1-12-10-15-9-5-6-13(15)11-16(12)14(2)7-3-4-8-14/h12-13H,3-11H2,1-2H3. The van der Waals surface area contributed by atoms with E-state index in [4.69, 9.17) is 0 Å². The second kappa shape index (κ2) is 3.99. The maximum absolute atomic E-state index is 2.85. The van der Waals surface area contributed by atoms with Gasteiger partial charge in [0.2, 0.25) is 0 Å². The van der Waals surface area contributed by atoms with Crippen molar-refractivity contribution in [1.29, 1.82) is 0 Å². The smallest absolute Gasteiger partial charge is 0.0224 e. The average molecular weight is 222 g/mol. The molecule has 0 spiro atoms. The molecule has 2 heteroatoms. The second-order valence-corrected chi connectivity index (χ2v) is 6.50. The van der Waals surface area contributed by atoms with Gasteiger partial charge in [-0.25, -0.2) is 0 Å². The van der Waals surface area contributed by atoms with E-state index < -0.39 is 0 Å². The van der Waals surface area contributed by atoms with Crippen LogP contribution < -0.4 is 0 Å². The predicted molar refractivity (Wildman–Crippen MR) is 67.6 cm³/mol. The summed E-state index contributed by atoms with van der Waals surface area (Å²) in [5.74, 6) is 0. The fraction of sp³-hybridized carbons (Fsp3) is 1.00. The topological polar surface area (TPSA) is 6.48 Å². The highest BCUT2D eigenvalue weighted by Gasteiger charge is 2.43. The van der Waals surface area contributed by atoms with Crippen LogP contribution >= 0.6 is 0 Å². The van der Waals surface area contributed by atoms with Gasteiger partial charge in [0.1, 0.15) is 0 Å². The van der Waals surface area contributed by atoms with Crippen LogP contribution in [0.25, 0.3) is 0 Å². The summed E-state index contributed by atoms with van der Waals surface area (Å²) in [6.07, 6.45) is 8.65. The van der Waals surface area contributed by atoms with Crippen LogP contribution in [0.3, 0.4) is 0 Å². The van der Waals surface area contributed by atoms with Crippen molar-refractivity contribution in [3.63, 3.8) is 0 Å². The maximum Gasteiger partial charge on any atom is 0.0224 e. The third-order valence-corrected chi connectivity index (χ3v) is 5.31. The highest BCUT2D eigenvalue weighted by Crippen LogP contribution is 2.39. The van der Waals surface area contributed by atoms with Gasteiger partial charge in [-0.3, -0.25) is 9.80 Å². The van der Waals surface area contributed by atoms with Crippen LogP contribution in [0.2, 0.25) is 0 Å². The van der Waals surface area contributed by atoms with Crippen molar-refractivity contribution in [2.24, 2.45) is 0 Å². The Labute approximate surface area is 100.0 Å². The average Bonchev–Trinajstić information content (AvgIpc) is 2.85. The number of rotatable bonds is 1. The van der Waals surface area contributed by atoms with Crippen LogP contribution in [0.5, 0.6) is 0 Å². The molecule has 1 saturated carbocycles. The minimum absolute atomic E-state index is 0.536. The van der Waals surface area contributed by atoms with Crippen LogP contribution in [-0.2, 0) is 0 Å². The van der Waals surface area contributed by atoms with E-state index in [-0.39, 0.29) is 0 Å². The Morgan fingerprint density at radius 1 is 1.06 bits per heavy atom. The molecule has 0 aromatic carbocycles. The molecular formula is C14H26N2. The van der Waals surface area contributed by atoms with Crippen LogP contribution in [0.1, 0.15) is 52.4 Å². The molecule has 0 aromatic rings. The van der Waals surface area contributed by atoms with Crippen molar-refractivity contribution in [2.75, 3.05) is 19.6 Å². The molecule has 0 aromatic heterocycles. The first-order chi connectivity index (χ1) is 7.69. The molecule has 0 N–H and O–H groups in total. The first-order valence-electron chi connectivity index (χ1n) is 7.20. The highest BCUT2D eigenvalue weighted by atomic mass is 15.3. The van der Waals surface area contributed by atoms with E-state index >= 15 is 0 Å². The van der Waals surface area contributed by atoms with Gasteiger partial charge >= 0.3 is 0 Å². The van der Waals surface area contributed by atoms with E-state index in [1.807, 2.05) is 0 Å². The fourth-order valence-corrected chi connectivity index (χ4v) is 4.36. The number of piperazine rings is 1. The Bertz CT molecular complexity index is 257. The van der Waals surface area contributed by atoms with Gasteiger partial charge in [-0.2, -0.15) is 0 Å². The Kier molecular flexibility index (Phi) is 2.75. The minimum Gasteiger partial charge on any atom is -0.298 e. The maximum atomic E-state index is 2.85. The van der Waals surface area contributed by atoms with Crippen LogP contribution in [0.15, 0.2) is 0 Å². The van der Waals surface area contributed by atoms with Gasteiger partial charge in [0.15, 0.2) is 0 Å². The van der Waals surface area contributed by atoms with E-state index in [0.29, 0.717) is 5.54 Å². The number of fused-ring (bicyclic) bond motifs is 1.